The van der Waals surface area contributed by atoms with Gasteiger partial charge in [-0.2, -0.15) is 15.0 Å². The Labute approximate surface area is 166 Å². The van der Waals surface area contributed by atoms with Crippen LogP contribution in [0.25, 0.3) is 5.69 Å². The Kier molecular flexibility index (Phi) is 5.16. The molecule has 2 aromatic carbocycles. The number of nitrogen functional groups attached to an aromatic ring is 1. The lowest BCUT2D eigenvalue weighted by Gasteiger charge is -2.08. The van der Waals surface area contributed by atoms with E-state index in [1.165, 1.54) is 17.3 Å². The third-order valence-electron chi connectivity index (χ3n) is 3.89. The second-order valence-electron chi connectivity index (χ2n) is 6.03. The van der Waals surface area contributed by atoms with E-state index in [-0.39, 0.29) is 5.95 Å². The number of para-hydroxylation sites is 1. The minimum absolute atomic E-state index is 0.171. The summed E-state index contributed by atoms with van der Waals surface area (Å²) in [4.78, 5) is 12.9. The monoisotopic (exact) mass is 390 g/mol. The average Bonchev–Trinajstić information content (AvgIpc) is 3.17. The first kappa shape index (κ1) is 17.9. The molecule has 0 atom stereocenters. The van der Waals surface area contributed by atoms with Gasteiger partial charge in [0.15, 0.2) is 5.16 Å². The number of thioether (sulfide) groups is 1. The van der Waals surface area contributed by atoms with E-state index in [0.29, 0.717) is 17.5 Å². The van der Waals surface area contributed by atoms with Gasteiger partial charge in [0.25, 0.3) is 0 Å². The minimum atomic E-state index is 0.171. The molecule has 0 radical (unpaired) electrons. The molecule has 2 heterocycles. The molecule has 0 saturated carbocycles. The minimum Gasteiger partial charge on any atom is -0.368 e. The predicted molar refractivity (Wildman–Crippen MR) is 110 cm³/mol. The average molecular weight is 390 g/mol. The summed E-state index contributed by atoms with van der Waals surface area (Å²) in [5, 5.41) is 12.1. The van der Waals surface area contributed by atoms with Crippen molar-refractivity contribution in [2.45, 2.75) is 17.8 Å². The van der Waals surface area contributed by atoms with Crippen molar-refractivity contribution in [1.29, 1.82) is 0 Å². The molecule has 0 fully saturated rings. The van der Waals surface area contributed by atoms with Crippen LogP contribution in [0, 0.1) is 6.92 Å². The van der Waals surface area contributed by atoms with Crippen LogP contribution >= 0.6 is 11.8 Å². The fourth-order valence-corrected chi connectivity index (χ4v) is 3.33. The topological polar surface area (TPSA) is 107 Å². The second kappa shape index (κ2) is 8.05. The molecule has 4 rings (SSSR count). The summed E-state index contributed by atoms with van der Waals surface area (Å²) >= 11 is 1.48. The number of rotatable bonds is 6. The Hall–Kier alpha value is -3.46. The molecular formula is C19H18N8S. The van der Waals surface area contributed by atoms with Crippen molar-refractivity contribution in [2.24, 2.45) is 0 Å². The first-order chi connectivity index (χ1) is 13.7. The van der Waals surface area contributed by atoms with Gasteiger partial charge in [0.05, 0.1) is 5.75 Å². The predicted octanol–water partition coefficient (Wildman–Crippen LogP) is 3.38. The van der Waals surface area contributed by atoms with E-state index in [2.05, 4.69) is 30.5 Å². The third kappa shape index (κ3) is 4.26. The van der Waals surface area contributed by atoms with E-state index in [9.17, 15) is 0 Å². The van der Waals surface area contributed by atoms with E-state index in [4.69, 9.17) is 5.73 Å². The number of hydrogen-bond acceptors (Lipinski definition) is 8. The van der Waals surface area contributed by atoms with Gasteiger partial charge >= 0.3 is 0 Å². The van der Waals surface area contributed by atoms with Gasteiger partial charge in [-0.1, -0.05) is 47.7 Å². The molecule has 0 bridgehead atoms. The van der Waals surface area contributed by atoms with Gasteiger partial charge in [-0.25, -0.2) is 0 Å². The zero-order chi connectivity index (χ0) is 19.3. The Morgan fingerprint density at radius 3 is 2.57 bits per heavy atom. The maximum absolute atomic E-state index is 5.86. The van der Waals surface area contributed by atoms with Crippen LogP contribution in [0.1, 0.15) is 11.4 Å². The molecule has 2 aromatic heterocycles. The zero-order valence-corrected chi connectivity index (χ0v) is 16.0. The van der Waals surface area contributed by atoms with E-state index in [1.807, 2.05) is 66.1 Å². The van der Waals surface area contributed by atoms with E-state index in [0.717, 1.165) is 16.5 Å². The molecule has 3 N–H and O–H groups in total. The third-order valence-corrected chi connectivity index (χ3v) is 4.83. The molecule has 0 aliphatic rings. The zero-order valence-electron chi connectivity index (χ0n) is 15.1. The summed E-state index contributed by atoms with van der Waals surface area (Å²) in [6, 6.07) is 17.9. The highest BCUT2D eigenvalue weighted by Crippen LogP contribution is 2.23. The van der Waals surface area contributed by atoms with Crippen LogP contribution in [0.4, 0.5) is 17.6 Å². The van der Waals surface area contributed by atoms with Crippen LogP contribution in [-0.4, -0.2) is 29.7 Å². The molecule has 0 aliphatic heterocycles. The van der Waals surface area contributed by atoms with E-state index in [1.54, 1.807) is 6.33 Å². The summed E-state index contributed by atoms with van der Waals surface area (Å²) in [5.41, 5.74) is 8.92. The summed E-state index contributed by atoms with van der Waals surface area (Å²) < 4.78 is 1.92. The van der Waals surface area contributed by atoms with Crippen molar-refractivity contribution in [3.63, 3.8) is 0 Å². The molecule has 9 heteroatoms. The summed E-state index contributed by atoms with van der Waals surface area (Å²) in [7, 11) is 0. The molecule has 8 nitrogen and oxygen atoms in total. The molecule has 0 unspecified atom stereocenters. The fourth-order valence-electron chi connectivity index (χ4n) is 2.54. The van der Waals surface area contributed by atoms with Gasteiger partial charge in [-0.3, -0.25) is 4.57 Å². The van der Waals surface area contributed by atoms with Gasteiger partial charge in [0.1, 0.15) is 12.2 Å². The second-order valence-corrected chi connectivity index (χ2v) is 6.97. The smallest absolute Gasteiger partial charge is 0.232 e. The highest BCUT2D eigenvalue weighted by molar-refractivity contribution is 7.98. The molecule has 0 amide bonds. The Balaban J connectivity index is 1.49. The molecule has 0 saturated heterocycles. The standard InChI is InChI=1S/C19H18N8S/c1-13-7-9-14(10-8-13)22-18-24-16(23-17(20)25-18)11-28-19-26-21-12-27(19)15-5-3-2-4-6-15/h2-10,12H,11H2,1H3,(H3,20,22,23,24,25). The van der Waals surface area contributed by atoms with Gasteiger partial charge in [-0.15, -0.1) is 10.2 Å². The molecule has 4 aromatic rings. The van der Waals surface area contributed by atoms with Crippen LogP contribution in [0.3, 0.4) is 0 Å². The summed E-state index contributed by atoms with van der Waals surface area (Å²) in [5.74, 6) is 1.64. The van der Waals surface area contributed by atoms with Gasteiger partial charge < -0.3 is 11.1 Å². The van der Waals surface area contributed by atoms with Crippen LogP contribution in [0.2, 0.25) is 0 Å². The SMILES string of the molecule is Cc1ccc(Nc2nc(N)nc(CSc3nncn3-c3ccccc3)n2)cc1. The quantitative estimate of drug-likeness (QED) is 0.483. The molecule has 0 aliphatic carbocycles. The Morgan fingerprint density at radius 1 is 1.00 bits per heavy atom. The highest BCUT2D eigenvalue weighted by atomic mass is 32.2. The molecule has 0 spiro atoms. The lowest BCUT2D eigenvalue weighted by atomic mass is 10.2. The maximum atomic E-state index is 5.86. The summed E-state index contributed by atoms with van der Waals surface area (Å²) in [6.07, 6.45) is 1.68. The van der Waals surface area contributed by atoms with Crippen molar-refractivity contribution in [1.82, 2.24) is 29.7 Å². The van der Waals surface area contributed by atoms with Crippen LogP contribution < -0.4 is 11.1 Å². The van der Waals surface area contributed by atoms with Gasteiger partial charge in [0.2, 0.25) is 11.9 Å². The number of benzene rings is 2. The highest BCUT2D eigenvalue weighted by Gasteiger charge is 2.10. The Bertz CT molecular complexity index is 1060. The van der Waals surface area contributed by atoms with E-state index >= 15 is 0 Å². The Morgan fingerprint density at radius 2 is 1.79 bits per heavy atom. The first-order valence-corrected chi connectivity index (χ1v) is 9.58. The summed E-state index contributed by atoms with van der Waals surface area (Å²) in [6.45, 7) is 2.04. The normalized spacial score (nSPS) is 10.8. The van der Waals surface area contributed by atoms with E-state index < -0.39 is 0 Å². The van der Waals surface area contributed by atoms with Crippen molar-refractivity contribution in [3.8, 4) is 5.69 Å². The molecule has 140 valence electrons. The van der Waals surface area contributed by atoms with Crippen molar-refractivity contribution < 1.29 is 0 Å². The van der Waals surface area contributed by atoms with Gasteiger partial charge in [-0.05, 0) is 31.2 Å². The number of nitrogens with zero attached hydrogens (tertiary/aromatic N) is 6. The lowest BCUT2D eigenvalue weighted by molar-refractivity contribution is 0.880. The van der Waals surface area contributed by atoms with Crippen LogP contribution in [0.5, 0.6) is 0 Å². The largest absolute Gasteiger partial charge is 0.368 e. The molecular weight excluding hydrogens is 372 g/mol. The number of aromatic nitrogens is 6. The van der Waals surface area contributed by atoms with Crippen LogP contribution in [0.15, 0.2) is 66.1 Å². The van der Waals surface area contributed by atoms with Gasteiger partial charge in [0, 0.05) is 11.4 Å². The van der Waals surface area contributed by atoms with Crippen LogP contribution in [-0.2, 0) is 5.75 Å². The van der Waals surface area contributed by atoms with Crippen molar-refractivity contribution in [3.05, 3.63) is 72.3 Å². The number of hydrogen-bond donors (Lipinski definition) is 2. The lowest BCUT2D eigenvalue weighted by Crippen LogP contribution is -2.07. The number of aryl methyl sites for hydroxylation is 1. The fraction of sp³-hybridized carbons (Fsp3) is 0.105. The first-order valence-electron chi connectivity index (χ1n) is 8.60. The molecule has 28 heavy (non-hydrogen) atoms. The van der Waals surface area contributed by atoms with Crippen molar-refractivity contribution in [2.75, 3.05) is 11.1 Å². The van der Waals surface area contributed by atoms with Crippen molar-refractivity contribution >= 4 is 29.3 Å². The number of nitrogens with one attached hydrogen (secondary N) is 1. The number of anilines is 3. The number of nitrogens with two attached hydrogens (primary N) is 1. The maximum Gasteiger partial charge on any atom is 0.232 e.